The highest BCUT2D eigenvalue weighted by molar-refractivity contribution is 5.76. The van der Waals surface area contributed by atoms with Crippen LogP contribution in [0, 0.1) is 0 Å². The SMILES string of the molecule is COC(=O)Cc1ccccc1Nc1ccc(OC)cc1. The van der Waals surface area contributed by atoms with Gasteiger partial charge in [0, 0.05) is 11.4 Å². The fourth-order valence-corrected chi connectivity index (χ4v) is 1.85. The molecule has 0 aliphatic heterocycles. The van der Waals surface area contributed by atoms with Crippen molar-refractivity contribution in [2.45, 2.75) is 6.42 Å². The van der Waals surface area contributed by atoms with Crippen LogP contribution in [0.1, 0.15) is 5.56 Å². The molecular formula is C16H17NO3. The van der Waals surface area contributed by atoms with E-state index in [1.54, 1.807) is 7.11 Å². The number of ether oxygens (including phenoxy) is 2. The van der Waals surface area contributed by atoms with E-state index < -0.39 is 0 Å². The molecule has 0 bridgehead atoms. The summed E-state index contributed by atoms with van der Waals surface area (Å²) < 4.78 is 9.83. The Morgan fingerprint density at radius 3 is 2.40 bits per heavy atom. The molecule has 104 valence electrons. The quantitative estimate of drug-likeness (QED) is 0.849. The van der Waals surface area contributed by atoms with E-state index in [2.05, 4.69) is 5.32 Å². The molecular weight excluding hydrogens is 254 g/mol. The number of hydrogen-bond donors (Lipinski definition) is 1. The summed E-state index contributed by atoms with van der Waals surface area (Å²) in [6.07, 6.45) is 0.246. The Morgan fingerprint density at radius 2 is 1.75 bits per heavy atom. The molecule has 4 nitrogen and oxygen atoms in total. The molecule has 0 unspecified atom stereocenters. The third-order valence-electron chi connectivity index (χ3n) is 2.95. The number of esters is 1. The summed E-state index contributed by atoms with van der Waals surface area (Å²) in [6, 6.07) is 15.3. The standard InChI is InChI=1S/C16H17NO3/c1-19-14-9-7-13(8-10-14)17-15-6-4-3-5-12(15)11-16(18)20-2/h3-10,17H,11H2,1-2H3. The number of carbonyl (C=O) groups is 1. The molecule has 0 fully saturated rings. The lowest BCUT2D eigenvalue weighted by molar-refractivity contribution is -0.139. The molecule has 1 N–H and O–H groups in total. The minimum absolute atomic E-state index is 0.246. The number of methoxy groups -OCH3 is 2. The van der Waals surface area contributed by atoms with Crippen molar-refractivity contribution < 1.29 is 14.3 Å². The molecule has 0 atom stereocenters. The van der Waals surface area contributed by atoms with Crippen molar-refractivity contribution >= 4 is 17.3 Å². The highest BCUT2D eigenvalue weighted by Crippen LogP contribution is 2.23. The maximum Gasteiger partial charge on any atom is 0.310 e. The number of rotatable bonds is 5. The van der Waals surface area contributed by atoms with Gasteiger partial charge in [0.25, 0.3) is 0 Å². The summed E-state index contributed by atoms with van der Waals surface area (Å²) in [5.41, 5.74) is 2.72. The first kappa shape index (κ1) is 13.9. The van der Waals surface area contributed by atoms with Crippen LogP contribution < -0.4 is 10.1 Å². The van der Waals surface area contributed by atoms with Crippen LogP contribution in [0.15, 0.2) is 48.5 Å². The minimum Gasteiger partial charge on any atom is -0.497 e. The molecule has 0 aromatic heterocycles. The summed E-state index contributed by atoms with van der Waals surface area (Å²) in [4.78, 5) is 11.4. The average Bonchev–Trinajstić information content (AvgIpc) is 2.50. The van der Waals surface area contributed by atoms with Gasteiger partial charge in [-0.3, -0.25) is 4.79 Å². The Hall–Kier alpha value is -2.49. The van der Waals surface area contributed by atoms with E-state index in [-0.39, 0.29) is 12.4 Å². The molecule has 0 spiro atoms. The summed E-state index contributed by atoms with van der Waals surface area (Å²) >= 11 is 0. The number of hydrogen-bond acceptors (Lipinski definition) is 4. The third kappa shape index (κ3) is 3.51. The van der Waals surface area contributed by atoms with Gasteiger partial charge >= 0.3 is 5.97 Å². The predicted molar refractivity (Wildman–Crippen MR) is 78.4 cm³/mol. The van der Waals surface area contributed by atoms with E-state index in [0.29, 0.717) is 0 Å². The van der Waals surface area contributed by atoms with Gasteiger partial charge in [-0.1, -0.05) is 18.2 Å². The molecule has 0 aliphatic carbocycles. The average molecular weight is 271 g/mol. The Morgan fingerprint density at radius 1 is 1.05 bits per heavy atom. The van der Waals surface area contributed by atoms with Crippen molar-refractivity contribution in [1.82, 2.24) is 0 Å². The second kappa shape index (κ2) is 6.61. The summed E-state index contributed by atoms with van der Waals surface area (Å²) in [5.74, 6) is 0.548. The molecule has 2 aromatic carbocycles. The molecule has 0 amide bonds. The number of benzene rings is 2. The van der Waals surface area contributed by atoms with Crippen molar-refractivity contribution in [1.29, 1.82) is 0 Å². The number of carbonyl (C=O) groups excluding carboxylic acids is 1. The summed E-state index contributed by atoms with van der Waals surface area (Å²) in [6.45, 7) is 0. The fourth-order valence-electron chi connectivity index (χ4n) is 1.85. The Balaban J connectivity index is 2.17. The maximum absolute atomic E-state index is 11.4. The van der Waals surface area contributed by atoms with E-state index in [1.165, 1.54) is 7.11 Å². The second-order valence-electron chi connectivity index (χ2n) is 4.26. The van der Waals surface area contributed by atoms with Crippen LogP contribution in [-0.2, 0) is 16.0 Å². The van der Waals surface area contributed by atoms with E-state index in [9.17, 15) is 4.79 Å². The zero-order valence-corrected chi connectivity index (χ0v) is 11.6. The van der Waals surface area contributed by atoms with E-state index in [4.69, 9.17) is 9.47 Å². The summed E-state index contributed by atoms with van der Waals surface area (Å²) in [7, 11) is 3.02. The van der Waals surface area contributed by atoms with Crippen LogP contribution in [0.2, 0.25) is 0 Å². The topological polar surface area (TPSA) is 47.6 Å². The predicted octanol–water partition coefficient (Wildman–Crippen LogP) is 3.15. The lowest BCUT2D eigenvalue weighted by Crippen LogP contribution is -2.06. The van der Waals surface area contributed by atoms with Gasteiger partial charge in [0.05, 0.1) is 20.6 Å². The zero-order valence-electron chi connectivity index (χ0n) is 11.6. The number of anilines is 2. The first-order valence-electron chi connectivity index (χ1n) is 6.28. The molecule has 0 heterocycles. The molecule has 20 heavy (non-hydrogen) atoms. The third-order valence-corrected chi connectivity index (χ3v) is 2.95. The van der Waals surface area contributed by atoms with Crippen molar-refractivity contribution in [3.63, 3.8) is 0 Å². The first-order chi connectivity index (χ1) is 9.72. The highest BCUT2D eigenvalue weighted by atomic mass is 16.5. The molecule has 0 saturated heterocycles. The maximum atomic E-state index is 11.4. The number of para-hydroxylation sites is 1. The van der Waals surface area contributed by atoms with Gasteiger partial charge in [-0.15, -0.1) is 0 Å². The molecule has 2 aromatic rings. The van der Waals surface area contributed by atoms with Gasteiger partial charge < -0.3 is 14.8 Å². The summed E-state index contributed by atoms with van der Waals surface area (Å²) in [5, 5.41) is 3.29. The minimum atomic E-state index is -0.256. The van der Waals surface area contributed by atoms with Crippen LogP contribution in [0.5, 0.6) is 5.75 Å². The molecule has 4 heteroatoms. The molecule has 0 aliphatic rings. The second-order valence-corrected chi connectivity index (χ2v) is 4.26. The van der Waals surface area contributed by atoms with E-state index in [0.717, 1.165) is 22.7 Å². The van der Waals surface area contributed by atoms with Crippen LogP contribution in [0.4, 0.5) is 11.4 Å². The zero-order chi connectivity index (χ0) is 14.4. The van der Waals surface area contributed by atoms with Crippen molar-refractivity contribution in [3.05, 3.63) is 54.1 Å². The number of nitrogens with one attached hydrogen (secondary N) is 1. The van der Waals surface area contributed by atoms with Crippen molar-refractivity contribution in [2.75, 3.05) is 19.5 Å². The van der Waals surface area contributed by atoms with Crippen molar-refractivity contribution in [2.24, 2.45) is 0 Å². The Labute approximate surface area is 118 Å². The van der Waals surface area contributed by atoms with Crippen LogP contribution in [-0.4, -0.2) is 20.2 Å². The first-order valence-corrected chi connectivity index (χ1v) is 6.28. The highest BCUT2D eigenvalue weighted by Gasteiger charge is 2.07. The van der Waals surface area contributed by atoms with Gasteiger partial charge in [-0.05, 0) is 35.9 Å². The van der Waals surface area contributed by atoms with E-state index in [1.807, 2.05) is 48.5 Å². The molecule has 0 saturated carbocycles. The lowest BCUT2D eigenvalue weighted by atomic mass is 10.1. The van der Waals surface area contributed by atoms with Gasteiger partial charge in [0.15, 0.2) is 0 Å². The van der Waals surface area contributed by atoms with Gasteiger partial charge in [-0.2, -0.15) is 0 Å². The lowest BCUT2D eigenvalue weighted by Gasteiger charge is -2.11. The van der Waals surface area contributed by atoms with Crippen LogP contribution >= 0.6 is 0 Å². The van der Waals surface area contributed by atoms with Gasteiger partial charge in [0.1, 0.15) is 5.75 Å². The fraction of sp³-hybridized carbons (Fsp3) is 0.188. The van der Waals surface area contributed by atoms with Crippen LogP contribution in [0.3, 0.4) is 0 Å². The largest absolute Gasteiger partial charge is 0.497 e. The molecule has 0 radical (unpaired) electrons. The monoisotopic (exact) mass is 271 g/mol. The van der Waals surface area contributed by atoms with Gasteiger partial charge in [0.2, 0.25) is 0 Å². The normalized spacial score (nSPS) is 9.90. The van der Waals surface area contributed by atoms with E-state index >= 15 is 0 Å². The smallest absolute Gasteiger partial charge is 0.310 e. The molecule has 2 rings (SSSR count). The van der Waals surface area contributed by atoms with Crippen LogP contribution in [0.25, 0.3) is 0 Å². The Bertz CT molecular complexity index is 579. The van der Waals surface area contributed by atoms with Gasteiger partial charge in [-0.25, -0.2) is 0 Å². The van der Waals surface area contributed by atoms with Crippen molar-refractivity contribution in [3.8, 4) is 5.75 Å². The Kier molecular flexibility index (Phi) is 4.60.